The molecule has 0 saturated carbocycles. The van der Waals surface area contributed by atoms with Crippen molar-refractivity contribution < 1.29 is 24.1 Å². The second kappa shape index (κ2) is 8.13. The topological polar surface area (TPSA) is 65.0 Å². The maximum absolute atomic E-state index is 11.4. The first kappa shape index (κ1) is 19.6. The molecule has 0 amide bonds. The normalized spacial score (nSPS) is 11.1. The highest BCUT2D eigenvalue weighted by molar-refractivity contribution is 5.92. The minimum atomic E-state index is -1.06. The van der Waals surface area contributed by atoms with Crippen molar-refractivity contribution in [3.05, 3.63) is 53.1 Å². The third-order valence-electron chi connectivity index (χ3n) is 3.96. The number of hydrogen-bond acceptors (Lipinski definition) is 4. The Morgan fingerprint density at radius 3 is 2.35 bits per heavy atom. The molecule has 0 heterocycles. The largest absolute Gasteiger partial charge is 0.493 e. The Morgan fingerprint density at radius 1 is 1.04 bits per heavy atom. The number of hydrogen-bond donors (Lipinski definition) is 1. The third-order valence-corrected chi connectivity index (χ3v) is 3.96. The monoisotopic (exact) mass is 358 g/mol. The molecule has 2 aromatic carbocycles. The van der Waals surface area contributed by atoms with Crippen LogP contribution in [0.25, 0.3) is 0 Å². The summed E-state index contributed by atoms with van der Waals surface area (Å²) in [6.07, 6.45) is 0. The quantitative estimate of drug-likeness (QED) is 0.741. The summed E-state index contributed by atoms with van der Waals surface area (Å²) in [7, 11) is 1.48. The maximum atomic E-state index is 11.4. The van der Waals surface area contributed by atoms with Gasteiger partial charge in [0.15, 0.2) is 11.5 Å². The van der Waals surface area contributed by atoms with Crippen LogP contribution < -0.4 is 14.2 Å². The highest BCUT2D eigenvalue weighted by Gasteiger charge is 2.19. The first-order valence-corrected chi connectivity index (χ1v) is 8.51. The summed E-state index contributed by atoms with van der Waals surface area (Å²) < 4.78 is 16.8. The molecule has 0 aromatic heterocycles. The summed E-state index contributed by atoms with van der Waals surface area (Å²) in [6.45, 7) is 8.92. The Morgan fingerprint density at radius 2 is 1.73 bits per heavy atom. The molecule has 2 aromatic rings. The summed E-state index contributed by atoms with van der Waals surface area (Å²) in [4.78, 5) is 11.4. The highest BCUT2D eigenvalue weighted by Crippen LogP contribution is 2.33. The number of carboxylic acids is 1. The van der Waals surface area contributed by atoms with E-state index < -0.39 is 5.97 Å². The van der Waals surface area contributed by atoms with Gasteiger partial charge in [-0.15, -0.1) is 0 Å². The molecule has 5 nitrogen and oxygen atoms in total. The molecule has 0 spiro atoms. The first-order chi connectivity index (χ1) is 12.2. The Hall–Kier alpha value is -2.69. The smallest absolute Gasteiger partial charge is 0.339 e. The number of aryl methyl sites for hydroxylation is 1. The summed E-state index contributed by atoms with van der Waals surface area (Å²) in [5.74, 6) is 0.357. The van der Waals surface area contributed by atoms with Crippen LogP contribution in [0.3, 0.4) is 0 Å². The van der Waals surface area contributed by atoms with Gasteiger partial charge in [0.25, 0.3) is 0 Å². The van der Waals surface area contributed by atoms with Crippen molar-refractivity contribution in [1.29, 1.82) is 0 Å². The van der Waals surface area contributed by atoms with Gasteiger partial charge in [-0.3, -0.25) is 0 Å². The molecular weight excluding hydrogens is 332 g/mol. The molecule has 140 valence electrons. The molecule has 2 rings (SSSR count). The van der Waals surface area contributed by atoms with Gasteiger partial charge in [0, 0.05) is 0 Å². The fraction of sp³-hybridized carbons (Fsp3) is 0.381. The van der Waals surface area contributed by atoms with Gasteiger partial charge in [0.2, 0.25) is 0 Å². The van der Waals surface area contributed by atoms with E-state index in [9.17, 15) is 9.90 Å². The van der Waals surface area contributed by atoms with Crippen LogP contribution in [0.1, 0.15) is 42.3 Å². The molecule has 0 fully saturated rings. The number of aromatic carboxylic acids is 1. The number of carbonyl (C=O) groups is 1. The molecule has 5 heteroatoms. The zero-order chi connectivity index (χ0) is 19.3. The maximum Gasteiger partial charge on any atom is 0.339 e. The lowest BCUT2D eigenvalue weighted by Crippen LogP contribution is -2.16. The van der Waals surface area contributed by atoms with Crippen molar-refractivity contribution >= 4 is 5.97 Å². The average molecular weight is 358 g/mol. The van der Waals surface area contributed by atoms with Crippen LogP contribution in [0.2, 0.25) is 0 Å². The lowest BCUT2D eigenvalue weighted by molar-refractivity contribution is 0.0690. The van der Waals surface area contributed by atoms with E-state index >= 15 is 0 Å². The minimum Gasteiger partial charge on any atom is -0.493 e. The number of ether oxygens (including phenoxy) is 3. The van der Waals surface area contributed by atoms with Crippen molar-refractivity contribution in [3.8, 4) is 17.2 Å². The molecule has 0 aliphatic heterocycles. The molecule has 0 saturated heterocycles. The average Bonchev–Trinajstić information content (AvgIpc) is 2.57. The van der Waals surface area contributed by atoms with Crippen LogP contribution in [-0.2, 0) is 5.41 Å². The van der Waals surface area contributed by atoms with E-state index in [1.165, 1.54) is 13.2 Å². The van der Waals surface area contributed by atoms with Crippen LogP contribution in [0.15, 0.2) is 36.4 Å². The van der Waals surface area contributed by atoms with Gasteiger partial charge in [-0.2, -0.15) is 0 Å². The highest BCUT2D eigenvalue weighted by atomic mass is 16.5. The number of benzene rings is 2. The second-order valence-corrected chi connectivity index (χ2v) is 7.09. The zero-order valence-corrected chi connectivity index (χ0v) is 16.0. The molecule has 0 unspecified atom stereocenters. The van der Waals surface area contributed by atoms with Gasteiger partial charge in [-0.25, -0.2) is 4.79 Å². The number of methoxy groups -OCH3 is 1. The fourth-order valence-electron chi connectivity index (χ4n) is 2.66. The Kier molecular flexibility index (Phi) is 6.14. The molecule has 0 bridgehead atoms. The lowest BCUT2D eigenvalue weighted by Gasteiger charge is -2.23. The van der Waals surface area contributed by atoms with Crippen LogP contribution >= 0.6 is 0 Å². The molecular formula is C21H26O5. The lowest BCUT2D eigenvalue weighted by atomic mass is 9.86. The molecule has 0 aliphatic carbocycles. The Balaban J connectivity index is 2.09. The van der Waals surface area contributed by atoms with Gasteiger partial charge in [-0.05, 0) is 41.7 Å². The molecule has 1 N–H and O–H groups in total. The number of para-hydroxylation sites is 1. The third kappa shape index (κ3) is 4.69. The molecule has 0 radical (unpaired) electrons. The Bertz CT molecular complexity index is 774. The van der Waals surface area contributed by atoms with E-state index in [0.717, 1.165) is 16.9 Å². The second-order valence-electron chi connectivity index (χ2n) is 7.09. The van der Waals surface area contributed by atoms with Crippen molar-refractivity contribution in [1.82, 2.24) is 0 Å². The van der Waals surface area contributed by atoms with Crippen molar-refractivity contribution in [3.63, 3.8) is 0 Å². The summed E-state index contributed by atoms with van der Waals surface area (Å²) in [5, 5.41) is 9.31. The predicted octanol–water partition coefficient (Wildman–Crippen LogP) is 4.46. The van der Waals surface area contributed by atoms with E-state index in [1.54, 1.807) is 12.1 Å². The van der Waals surface area contributed by atoms with E-state index in [-0.39, 0.29) is 23.3 Å². The van der Waals surface area contributed by atoms with E-state index in [1.807, 2.05) is 13.0 Å². The van der Waals surface area contributed by atoms with Crippen LogP contribution in [0.4, 0.5) is 0 Å². The molecule has 0 aliphatic rings. The Labute approximate surface area is 154 Å². The van der Waals surface area contributed by atoms with Gasteiger partial charge in [0.1, 0.15) is 24.5 Å². The predicted molar refractivity (Wildman–Crippen MR) is 101 cm³/mol. The van der Waals surface area contributed by atoms with E-state index in [2.05, 4.69) is 32.9 Å². The van der Waals surface area contributed by atoms with Crippen molar-refractivity contribution in [2.45, 2.75) is 33.1 Å². The first-order valence-electron chi connectivity index (χ1n) is 8.51. The van der Waals surface area contributed by atoms with Gasteiger partial charge < -0.3 is 19.3 Å². The molecule has 26 heavy (non-hydrogen) atoms. The standard InChI is InChI=1S/C21H26O5/c1-14-9-10-16(21(2,3)4)18(13-14)25-11-12-26-19-15(20(22)23)7-6-8-17(19)24-5/h6-10,13H,11-12H2,1-5H3,(H,22,23). The van der Waals surface area contributed by atoms with E-state index in [0.29, 0.717) is 12.4 Å². The van der Waals surface area contributed by atoms with Crippen molar-refractivity contribution in [2.24, 2.45) is 0 Å². The number of carboxylic acid groups (broad SMARTS) is 1. The van der Waals surface area contributed by atoms with Crippen LogP contribution in [0.5, 0.6) is 17.2 Å². The fourth-order valence-corrected chi connectivity index (χ4v) is 2.66. The van der Waals surface area contributed by atoms with Gasteiger partial charge >= 0.3 is 5.97 Å². The van der Waals surface area contributed by atoms with E-state index in [4.69, 9.17) is 14.2 Å². The number of rotatable bonds is 7. The minimum absolute atomic E-state index is 0.0387. The summed E-state index contributed by atoms with van der Waals surface area (Å²) in [6, 6.07) is 10.9. The summed E-state index contributed by atoms with van der Waals surface area (Å²) >= 11 is 0. The van der Waals surface area contributed by atoms with Crippen LogP contribution in [-0.4, -0.2) is 31.4 Å². The van der Waals surface area contributed by atoms with Gasteiger partial charge in [-0.1, -0.05) is 39.0 Å². The zero-order valence-electron chi connectivity index (χ0n) is 16.0. The van der Waals surface area contributed by atoms with Crippen LogP contribution in [0, 0.1) is 6.92 Å². The summed E-state index contributed by atoms with van der Waals surface area (Å²) in [5.41, 5.74) is 2.26. The van der Waals surface area contributed by atoms with Gasteiger partial charge in [0.05, 0.1) is 7.11 Å². The SMILES string of the molecule is COc1cccc(C(=O)O)c1OCCOc1cc(C)ccc1C(C)(C)C. The van der Waals surface area contributed by atoms with Crippen molar-refractivity contribution in [2.75, 3.05) is 20.3 Å². The molecule has 0 atom stereocenters.